The smallest absolute Gasteiger partial charge is 0.339 e. The van der Waals surface area contributed by atoms with Gasteiger partial charge in [-0.3, -0.25) is 14.4 Å². The summed E-state index contributed by atoms with van der Waals surface area (Å²) in [5.74, 6) is -1.84. The lowest BCUT2D eigenvalue weighted by Gasteiger charge is -2.30. The number of piperidine rings is 1. The van der Waals surface area contributed by atoms with Gasteiger partial charge in [-0.1, -0.05) is 48.5 Å². The average molecular weight is 409 g/mol. The molecule has 0 atom stereocenters. The molecule has 0 aliphatic carbocycles. The highest BCUT2D eigenvalue weighted by Crippen LogP contribution is 2.19. The zero-order valence-corrected chi connectivity index (χ0v) is 16.7. The fourth-order valence-electron chi connectivity index (χ4n) is 3.43. The van der Waals surface area contributed by atoms with Crippen LogP contribution in [0.2, 0.25) is 0 Å². The van der Waals surface area contributed by atoms with Gasteiger partial charge in [0.2, 0.25) is 0 Å². The number of esters is 2. The Labute approximate surface area is 174 Å². The first-order valence-electron chi connectivity index (χ1n) is 9.72. The lowest BCUT2D eigenvalue weighted by molar-refractivity contribution is -0.149. The number of hydrogen-bond acceptors (Lipinski definition) is 6. The Balaban J connectivity index is 1.60. The van der Waals surface area contributed by atoms with E-state index in [9.17, 15) is 19.2 Å². The van der Waals surface area contributed by atoms with Crippen LogP contribution < -0.4 is 0 Å². The lowest BCUT2D eigenvalue weighted by atomic mass is 9.97. The minimum absolute atomic E-state index is 0.114. The van der Waals surface area contributed by atoms with E-state index < -0.39 is 12.6 Å². The molecule has 0 aromatic heterocycles. The Hall–Kier alpha value is -3.48. The third-order valence-corrected chi connectivity index (χ3v) is 5.14. The molecule has 30 heavy (non-hydrogen) atoms. The largest absolute Gasteiger partial charge is 0.469 e. The van der Waals surface area contributed by atoms with Crippen LogP contribution in [0.4, 0.5) is 0 Å². The molecule has 2 aromatic carbocycles. The fourth-order valence-corrected chi connectivity index (χ4v) is 3.43. The SMILES string of the molecule is COC(=O)C1CCN(C(=O)COC(=O)c2ccccc2C(=O)c2ccccc2)CC1. The highest BCUT2D eigenvalue weighted by molar-refractivity contribution is 6.14. The number of benzene rings is 2. The van der Waals surface area contributed by atoms with Crippen molar-refractivity contribution in [3.8, 4) is 0 Å². The lowest BCUT2D eigenvalue weighted by Crippen LogP contribution is -2.42. The molecule has 0 spiro atoms. The zero-order valence-electron chi connectivity index (χ0n) is 16.7. The summed E-state index contributed by atoms with van der Waals surface area (Å²) in [7, 11) is 1.35. The van der Waals surface area contributed by atoms with Crippen LogP contribution in [0.25, 0.3) is 0 Å². The highest BCUT2D eigenvalue weighted by Gasteiger charge is 2.28. The van der Waals surface area contributed by atoms with Crippen molar-refractivity contribution in [2.75, 3.05) is 26.8 Å². The normalized spacial score (nSPS) is 14.1. The predicted molar refractivity (Wildman–Crippen MR) is 108 cm³/mol. The Morgan fingerprint density at radius 1 is 0.900 bits per heavy atom. The van der Waals surface area contributed by atoms with Gasteiger partial charge in [0.15, 0.2) is 12.4 Å². The summed E-state index contributed by atoms with van der Waals surface area (Å²) in [6.07, 6.45) is 1.03. The van der Waals surface area contributed by atoms with Gasteiger partial charge in [0.1, 0.15) is 0 Å². The third-order valence-electron chi connectivity index (χ3n) is 5.14. The summed E-state index contributed by atoms with van der Waals surface area (Å²) < 4.78 is 9.93. The molecular formula is C23H23NO6. The molecule has 0 saturated carbocycles. The van der Waals surface area contributed by atoms with Crippen LogP contribution in [0.5, 0.6) is 0 Å². The number of ketones is 1. The van der Waals surface area contributed by atoms with Crippen LogP contribution in [0.3, 0.4) is 0 Å². The minimum Gasteiger partial charge on any atom is -0.469 e. The highest BCUT2D eigenvalue weighted by atomic mass is 16.5. The van der Waals surface area contributed by atoms with Crippen molar-refractivity contribution in [2.45, 2.75) is 12.8 Å². The molecule has 1 aliphatic heterocycles. The van der Waals surface area contributed by atoms with Crippen molar-refractivity contribution in [3.63, 3.8) is 0 Å². The predicted octanol–water partition coefficient (Wildman–Crippen LogP) is 2.49. The quantitative estimate of drug-likeness (QED) is 0.538. The van der Waals surface area contributed by atoms with E-state index in [0.717, 1.165) is 0 Å². The monoisotopic (exact) mass is 409 g/mol. The third kappa shape index (κ3) is 4.92. The number of hydrogen-bond donors (Lipinski definition) is 0. The van der Waals surface area contributed by atoms with Crippen LogP contribution in [0.1, 0.15) is 39.1 Å². The van der Waals surface area contributed by atoms with Crippen molar-refractivity contribution < 1.29 is 28.7 Å². The molecule has 3 rings (SSSR count). The molecule has 1 fully saturated rings. The van der Waals surface area contributed by atoms with Gasteiger partial charge in [-0.2, -0.15) is 0 Å². The van der Waals surface area contributed by atoms with Gasteiger partial charge in [-0.05, 0) is 18.9 Å². The second kappa shape index (κ2) is 9.82. The Bertz CT molecular complexity index is 932. The number of ether oxygens (including phenoxy) is 2. The first-order chi connectivity index (χ1) is 14.5. The maximum atomic E-state index is 12.7. The summed E-state index contributed by atoms with van der Waals surface area (Å²) in [4.78, 5) is 50.8. The number of nitrogens with zero attached hydrogens (tertiary/aromatic N) is 1. The molecule has 1 heterocycles. The fraction of sp³-hybridized carbons (Fsp3) is 0.304. The summed E-state index contributed by atoms with van der Waals surface area (Å²) in [5, 5.41) is 0. The van der Waals surface area contributed by atoms with Crippen LogP contribution in [0.15, 0.2) is 54.6 Å². The van der Waals surface area contributed by atoms with Crippen molar-refractivity contribution in [2.24, 2.45) is 5.92 Å². The molecule has 7 heteroatoms. The van der Waals surface area contributed by atoms with E-state index in [1.165, 1.54) is 13.2 Å². The van der Waals surface area contributed by atoms with Crippen LogP contribution >= 0.6 is 0 Å². The van der Waals surface area contributed by atoms with Gasteiger partial charge in [0, 0.05) is 24.2 Å². The van der Waals surface area contributed by atoms with E-state index in [1.807, 2.05) is 0 Å². The number of amides is 1. The Morgan fingerprint density at radius 3 is 2.13 bits per heavy atom. The first-order valence-corrected chi connectivity index (χ1v) is 9.72. The number of carbonyl (C=O) groups excluding carboxylic acids is 4. The van der Waals surface area contributed by atoms with Crippen LogP contribution in [-0.2, 0) is 19.1 Å². The van der Waals surface area contributed by atoms with E-state index in [-0.39, 0.29) is 34.7 Å². The summed E-state index contributed by atoms with van der Waals surface area (Å²) in [6, 6.07) is 15.0. The maximum absolute atomic E-state index is 12.7. The molecule has 1 aliphatic rings. The first kappa shape index (κ1) is 21.2. The number of rotatable bonds is 6. The van der Waals surface area contributed by atoms with E-state index in [1.54, 1.807) is 53.4 Å². The summed E-state index contributed by atoms with van der Waals surface area (Å²) in [6.45, 7) is 0.383. The van der Waals surface area contributed by atoms with E-state index >= 15 is 0 Å². The van der Waals surface area contributed by atoms with Gasteiger partial charge in [0.05, 0.1) is 18.6 Å². The van der Waals surface area contributed by atoms with Crippen molar-refractivity contribution >= 4 is 23.6 Å². The van der Waals surface area contributed by atoms with E-state index in [4.69, 9.17) is 9.47 Å². The number of carbonyl (C=O) groups is 4. The van der Waals surface area contributed by atoms with Gasteiger partial charge >= 0.3 is 11.9 Å². The van der Waals surface area contributed by atoms with Gasteiger partial charge in [-0.15, -0.1) is 0 Å². The average Bonchev–Trinajstić information content (AvgIpc) is 2.82. The molecule has 2 aromatic rings. The number of methoxy groups -OCH3 is 1. The van der Waals surface area contributed by atoms with E-state index in [2.05, 4.69) is 0 Å². The Kier molecular flexibility index (Phi) is 6.95. The second-order valence-electron chi connectivity index (χ2n) is 7.00. The topological polar surface area (TPSA) is 90.0 Å². The van der Waals surface area contributed by atoms with E-state index in [0.29, 0.717) is 31.5 Å². The van der Waals surface area contributed by atoms with Crippen molar-refractivity contribution in [1.29, 1.82) is 0 Å². The van der Waals surface area contributed by atoms with Gasteiger partial charge in [-0.25, -0.2) is 4.79 Å². The number of likely N-dealkylation sites (tertiary alicyclic amines) is 1. The maximum Gasteiger partial charge on any atom is 0.339 e. The molecule has 7 nitrogen and oxygen atoms in total. The molecular weight excluding hydrogens is 386 g/mol. The molecule has 0 radical (unpaired) electrons. The molecule has 0 N–H and O–H groups in total. The molecule has 1 saturated heterocycles. The van der Waals surface area contributed by atoms with Gasteiger partial charge in [0.25, 0.3) is 5.91 Å². The molecule has 156 valence electrons. The van der Waals surface area contributed by atoms with Crippen molar-refractivity contribution in [3.05, 3.63) is 71.3 Å². The van der Waals surface area contributed by atoms with Crippen molar-refractivity contribution in [1.82, 2.24) is 4.90 Å². The molecule has 0 unspecified atom stereocenters. The zero-order chi connectivity index (χ0) is 21.5. The summed E-state index contributed by atoms with van der Waals surface area (Å²) >= 11 is 0. The molecule has 1 amide bonds. The van der Waals surface area contributed by atoms with Gasteiger partial charge < -0.3 is 14.4 Å². The minimum atomic E-state index is -0.729. The second-order valence-corrected chi connectivity index (χ2v) is 7.00. The van der Waals surface area contributed by atoms with Crippen LogP contribution in [0, 0.1) is 5.92 Å². The standard InChI is InChI=1S/C23H23NO6/c1-29-22(27)17-11-13-24(14-12-17)20(25)15-30-23(28)19-10-6-5-9-18(19)21(26)16-7-3-2-4-8-16/h2-10,17H,11-15H2,1H3. The summed E-state index contributed by atoms with van der Waals surface area (Å²) in [5.41, 5.74) is 0.797. The van der Waals surface area contributed by atoms with Crippen LogP contribution in [-0.4, -0.2) is 55.3 Å². The molecule has 0 bridgehead atoms. The Morgan fingerprint density at radius 2 is 1.50 bits per heavy atom.